The molecule has 3 rings (SSSR count). The summed E-state index contributed by atoms with van der Waals surface area (Å²) in [5, 5.41) is 4.47. The van der Waals surface area contributed by atoms with Gasteiger partial charge in [0.05, 0.1) is 6.16 Å². The highest BCUT2D eigenvalue weighted by atomic mass is 32.2. The van der Waals surface area contributed by atoms with Gasteiger partial charge in [-0.3, -0.25) is 0 Å². The summed E-state index contributed by atoms with van der Waals surface area (Å²) in [7, 11) is -1.60. The van der Waals surface area contributed by atoms with Crippen molar-refractivity contribution in [2.45, 2.75) is 6.42 Å². The van der Waals surface area contributed by atoms with Crippen LogP contribution < -0.4 is 15.9 Å². The second-order valence-electron chi connectivity index (χ2n) is 5.89. The van der Waals surface area contributed by atoms with E-state index < -0.39 is 7.26 Å². The molecule has 0 aromatic heterocycles. The van der Waals surface area contributed by atoms with E-state index in [4.69, 9.17) is 0 Å². The van der Waals surface area contributed by atoms with Crippen LogP contribution in [0.5, 0.6) is 0 Å². The van der Waals surface area contributed by atoms with Gasteiger partial charge < -0.3 is 0 Å². The molecule has 3 aromatic carbocycles. The zero-order valence-electron chi connectivity index (χ0n) is 14.1. The molecule has 0 fully saturated rings. The molecule has 24 heavy (non-hydrogen) atoms. The molecular weight excluding hydrogens is 327 g/mol. The van der Waals surface area contributed by atoms with E-state index in [9.17, 15) is 0 Å². The van der Waals surface area contributed by atoms with Crippen molar-refractivity contribution < 1.29 is 0 Å². The third kappa shape index (κ3) is 3.58. The fourth-order valence-corrected chi connectivity index (χ4v) is 8.32. The van der Waals surface area contributed by atoms with E-state index in [1.54, 1.807) is 0 Å². The molecule has 0 radical (unpaired) electrons. The van der Waals surface area contributed by atoms with Gasteiger partial charge in [0, 0.05) is 0 Å². The first-order valence-corrected chi connectivity index (χ1v) is 11.8. The molecule has 0 heterocycles. The first-order chi connectivity index (χ1) is 11.9. The van der Waals surface area contributed by atoms with Crippen LogP contribution in [0.2, 0.25) is 0 Å². The minimum atomic E-state index is -1.60. The summed E-state index contributed by atoms with van der Waals surface area (Å²) in [5.41, 5.74) is 0. The summed E-state index contributed by atoms with van der Waals surface area (Å²) in [6, 6.07) is 33.4. The number of benzene rings is 3. The van der Waals surface area contributed by atoms with Crippen LogP contribution in [-0.4, -0.2) is 18.2 Å². The van der Waals surface area contributed by atoms with Crippen LogP contribution in [0.15, 0.2) is 91.0 Å². The lowest BCUT2D eigenvalue weighted by Gasteiger charge is -2.27. The van der Waals surface area contributed by atoms with Crippen molar-refractivity contribution in [2.75, 3.05) is 18.2 Å². The molecule has 122 valence electrons. The van der Waals surface area contributed by atoms with Crippen LogP contribution in [0.25, 0.3) is 0 Å². The Morgan fingerprint density at radius 2 is 1.00 bits per heavy atom. The minimum absolute atomic E-state index is 1.22. The Balaban J connectivity index is 2.20. The maximum absolute atomic E-state index is 2.33. The van der Waals surface area contributed by atoms with Gasteiger partial charge in [-0.2, -0.15) is 11.8 Å². The SMILES string of the molecule is CSCCC[P+](c1ccccc1)(c1ccccc1)c1ccccc1. The molecule has 0 aliphatic carbocycles. The van der Waals surface area contributed by atoms with Crippen molar-refractivity contribution in [3.05, 3.63) is 91.0 Å². The molecule has 0 aliphatic rings. The summed E-state index contributed by atoms with van der Waals surface area (Å²) >= 11 is 1.95. The van der Waals surface area contributed by atoms with Crippen molar-refractivity contribution in [3.8, 4) is 0 Å². The fourth-order valence-electron chi connectivity index (χ4n) is 3.33. The minimum Gasteiger partial charge on any atom is -0.165 e. The highest BCUT2D eigenvalue weighted by Gasteiger charge is 2.44. The average molecular weight is 351 g/mol. The standard InChI is InChI=1S/C22H24PS/c1-24-19-11-18-23(20-12-5-2-6-13-20,21-14-7-3-8-15-21)22-16-9-4-10-17-22/h2-10,12-17H,11,18-19H2,1H3/q+1. The van der Waals surface area contributed by atoms with E-state index in [0.717, 1.165) is 0 Å². The maximum Gasteiger partial charge on any atom is 0.112 e. The normalized spacial score (nSPS) is 11.4. The van der Waals surface area contributed by atoms with E-state index in [2.05, 4.69) is 97.3 Å². The van der Waals surface area contributed by atoms with E-state index >= 15 is 0 Å². The van der Waals surface area contributed by atoms with Gasteiger partial charge in [0.1, 0.15) is 23.2 Å². The largest absolute Gasteiger partial charge is 0.165 e. The first kappa shape index (κ1) is 17.3. The van der Waals surface area contributed by atoms with Gasteiger partial charge in [0.15, 0.2) is 0 Å². The molecule has 0 unspecified atom stereocenters. The van der Waals surface area contributed by atoms with Crippen LogP contribution in [0.3, 0.4) is 0 Å². The number of rotatable bonds is 7. The Morgan fingerprint density at radius 3 is 1.33 bits per heavy atom. The molecule has 0 bridgehead atoms. The number of thioether (sulfide) groups is 1. The third-order valence-corrected chi connectivity index (χ3v) is 9.66. The zero-order chi connectivity index (χ0) is 16.7. The van der Waals surface area contributed by atoms with Crippen LogP contribution in [0.4, 0.5) is 0 Å². The van der Waals surface area contributed by atoms with Crippen molar-refractivity contribution in [1.82, 2.24) is 0 Å². The van der Waals surface area contributed by atoms with Gasteiger partial charge in [0.25, 0.3) is 0 Å². The molecule has 2 heteroatoms. The van der Waals surface area contributed by atoms with Gasteiger partial charge in [0.2, 0.25) is 0 Å². The third-order valence-electron chi connectivity index (χ3n) is 4.43. The summed E-state index contributed by atoms with van der Waals surface area (Å²) < 4.78 is 0. The molecule has 3 aromatic rings. The van der Waals surface area contributed by atoms with E-state index in [1.807, 2.05) is 11.8 Å². The molecule has 0 saturated heterocycles. The van der Waals surface area contributed by atoms with Gasteiger partial charge >= 0.3 is 0 Å². The van der Waals surface area contributed by atoms with Crippen LogP contribution >= 0.6 is 19.0 Å². The zero-order valence-corrected chi connectivity index (χ0v) is 15.8. The van der Waals surface area contributed by atoms with Crippen molar-refractivity contribution in [3.63, 3.8) is 0 Å². The van der Waals surface area contributed by atoms with Gasteiger partial charge in [-0.1, -0.05) is 54.6 Å². The predicted molar refractivity (Wildman–Crippen MR) is 113 cm³/mol. The molecule has 0 aliphatic heterocycles. The lowest BCUT2D eigenvalue weighted by Crippen LogP contribution is -2.33. The summed E-state index contributed by atoms with van der Waals surface area (Å²) in [5.74, 6) is 1.22. The first-order valence-electron chi connectivity index (χ1n) is 8.42. The summed E-state index contributed by atoms with van der Waals surface area (Å²) in [6.45, 7) is 0. The predicted octanol–water partition coefficient (Wildman–Crippen LogP) is 4.73. The fraction of sp³-hybridized carbons (Fsp3) is 0.182. The molecule has 0 nitrogen and oxygen atoms in total. The van der Waals surface area contributed by atoms with E-state index in [1.165, 1.54) is 34.2 Å². The van der Waals surface area contributed by atoms with Crippen LogP contribution in [0, 0.1) is 0 Å². The summed E-state index contributed by atoms with van der Waals surface area (Å²) in [6.07, 6.45) is 4.67. The molecule has 0 amide bonds. The van der Waals surface area contributed by atoms with Crippen molar-refractivity contribution in [2.24, 2.45) is 0 Å². The van der Waals surface area contributed by atoms with Gasteiger partial charge in [-0.05, 0) is 54.8 Å². The topological polar surface area (TPSA) is 0 Å². The lowest BCUT2D eigenvalue weighted by molar-refractivity contribution is 1.12. The average Bonchev–Trinajstić information content (AvgIpc) is 2.68. The van der Waals surface area contributed by atoms with E-state index in [-0.39, 0.29) is 0 Å². The molecule has 0 N–H and O–H groups in total. The highest BCUT2D eigenvalue weighted by Crippen LogP contribution is 2.55. The Morgan fingerprint density at radius 1 is 0.625 bits per heavy atom. The quantitative estimate of drug-likeness (QED) is 0.438. The van der Waals surface area contributed by atoms with E-state index in [0.29, 0.717) is 0 Å². The Labute approximate surface area is 150 Å². The van der Waals surface area contributed by atoms with Crippen molar-refractivity contribution in [1.29, 1.82) is 0 Å². The van der Waals surface area contributed by atoms with Crippen LogP contribution in [-0.2, 0) is 0 Å². The maximum atomic E-state index is 2.33. The second-order valence-corrected chi connectivity index (χ2v) is 10.5. The Kier molecular flexibility index (Phi) is 6.12. The van der Waals surface area contributed by atoms with Crippen molar-refractivity contribution >= 4 is 34.9 Å². The molecular formula is C22H24PS+. The Hall–Kier alpha value is -1.56. The molecule has 0 saturated carbocycles. The summed E-state index contributed by atoms with van der Waals surface area (Å²) in [4.78, 5) is 0. The lowest BCUT2D eigenvalue weighted by atomic mass is 10.4. The number of hydrogen-bond acceptors (Lipinski definition) is 1. The number of hydrogen-bond donors (Lipinski definition) is 0. The highest BCUT2D eigenvalue weighted by molar-refractivity contribution is 7.98. The second kappa shape index (κ2) is 8.51. The smallest absolute Gasteiger partial charge is 0.112 e. The monoisotopic (exact) mass is 351 g/mol. The molecule has 0 atom stereocenters. The van der Waals surface area contributed by atoms with Gasteiger partial charge in [-0.15, -0.1) is 0 Å². The Bertz CT molecular complexity index is 629. The van der Waals surface area contributed by atoms with Crippen LogP contribution in [0.1, 0.15) is 6.42 Å². The molecule has 0 spiro atoms. The van der Waals surface area contributed by atoms with Gasteiger partial charge in [-0.25, -0.2) is 0 Å².